The summed E-state index contributed by atoms with van der Waals surface area (Å²) in [6, 6.07) is 7.89. The maximum Gasteiger partial charge on any atom is 0.179 e. The van der Waals surface area contributed by atoms with Gasteiger partial charge in [0.05, 0.1) is 5.71 Å². The van der Waals surface area contributed by atoms with Gasteiger partial charge in [-0.05, 0) is 41.6 Å². The molecule has 0 aromatic heterocycles. The molecule has 0 unspecified atom stereocenters. The van der Waals surface area contributed by atoms with E-state index in [1.165, 1.54) is 0 Å². The molecule has 118 valence electrons. The molecule has 9 heteroatoms. The summed E-state index contributed by atoms with van der Waals surface area (Å²) in [5, 5.41) is 22.7. The third-order valence-electron chi connectivity index (χ3n) is 2.45. The van der Waals surface area contributed by atoms with Gasteiger partial charge >= 0.3 is 0 Å². The first-order valence-corrected chi connectivity index (χ1v) is 8.23. The SMILES string of the molecule is CN/C(S)=N/N=C(C)/C(=N/N=C(\S)NC)c1ccc(I)cc1. The van der Waals surface area contributed by atoms with E-state index in [4.69, 9.17) is 0 Å². The summed E-state index contributed by atoms with van der Waals surface area (Å²) in [6.45, 7) is 1.81. The van der Waals surface area contributed by atoms with Gasteiger partial charge in [0.1, 0.15) is 5.71 Å². The predicted molar refractivity (Wildman–Crippen MR) is 110 cm³/mol. The number of thiol groups is 2. The number of nitrogens with zero attached hydrogens (tertiary/aromatic N) is 4. The first-order valence-electron chi connectivity index (χ1n) is 6.25. The normalized spacial score (nSPS) is 14.1. The zero-order chi connectivity index (χ0) is 16.5. The Bertz CT molecular complexity index is 622. The summed E-state index contributed by atoms with van der Waals surface area (Å²) in [7, 11) is 3.44. The molecule has 0 amide bonds. The molecule has 22 heavy (non-hydrogen) atoms. The lowest BCUT2D eigenvalue weighted by molar-refractivity contribution is 1.13. The Labute approximate surface area is 154 Å². The molecule has 1 rings (SSSR count). The summed E-state index contributed by atoms with van der Waals surface area (Å²) in [4.78, 5) is 0. The largest absolute Gasteiger partial charge is 0.366 e. The van der Waals surface area contributed by atoms with E-state index in [0.29, 0.717) is 21.8 Å². The van der Waals surface area contributed by atoms with Crippen molar-refractivity contribution in [2.24, 2.45) is 20.4 Å². The van der Waals surface area contributed by atoms with Crippen molar-refractivity contribution in [1.29, 1.82) is 0 Å². The Morgan fingerprint density at radius 3 is 1.91 bits per heavy atom. The second kappa shape index (κ2) is 9.85. The van der Waals surface area contributed by atoms with Crippen molar-refractivity contribution in [3.05, 3.63) is 33.4 Å². The molecule has 0 spiro atoms. The van der Waals surface area contributed by atoms with Crippen molar-refractivity contribution >= 4 is 69.6 Å². The van der Waals surface area contributed by atoms with Crippen LogP contribution in [0.15, 0.2) is 44.7 Å². The molecule has 0 bridgehead atoms. The van der Waals surface area contributed by atoms with Gasteiger partial charge in [-0.3, -0.25) is 0 Å². The number of amidine groups is 2. The zero-order valence-corrected chi connectivity index (χ0v) is 16.3. The quantitative estimate of drug-likeness (QED) is 0.188. The van der Waals surface area contributed by atoms with Crippen molar-refractivity contribution in [2.75, 3.05) is 14.1 Å². The van der Waals surface area contributed by atoms with E-state index in [1.54, 1.807) is 14.1 Å². The molecule has 0 aliphatic rings. The van der Waals surface area contributed by atoms with Crippen molar-refractivity contribution in [1.82, 2.24) is 10.6 Å². The second-order valence-electron chi connectivity index (χ2n) is 3.99. The van der Waals surface area contributed by atoms with Gasteiger partial charge < -0.3 is 10.6 Å². The van der Waals surface area contributed by atoms with Gasteiger partial charge in [0.25, 0.3) is 0 Å². The molecule has 0 aliphatic heterocycles. The lowest BCUT2D eigenvalue weighted by Crippen LogP contribution is -2.15. The molecule has 0 heterocycles. The Balaban J connectivity index is 3.25. The van der Waals surface area contributed by atoms with Gasteiger partial charge in [0, 0.05) is 23.2 Å². The average molecular weight is 448 g/mol. The summed E-state index contributed by atoms with van der Waals surface area (Å²) < 4.78 is 1.13. The first-order chi connectivity index (χ1) is 10.5. The number of halogens is 1. The number of hydrogen-bond donors (Lipinski definition) is 4. The van der Waals surface area contributed by atoms with Gasteiger partial charge in [0.15, 0.2) is 10.3 Å². The van der Waals surface area contributed by atoms with E-state index in [2.05, 4.69) is 78.9 Å². The van der Waals surface area contributed by atoms with E-state index in [1.807, 2.05) is 31.2 Å². The molecule has 0 aliphatic carbocycles. The van der Waals surface area contributed by atoms with Gasteiger partial charge in [-0.15, -0.1) is 40.6 Å². The summed E-state index contributed by atoms with van der Waals surface area (Å²) >= 11 is 10.5. The number of benzene rings is 1. The van der Waals surface area contributed by atoms with Crippen molar-refractivity contribution in [3.8, 4) is 0 Å². The van der Waals surface area contributed by atoms with Crippen LogP contribution in [0.1, 0.15) is 12.5 Å². The van der Waals surface area contributed by atoms with Crippen molar-refractivity contribution in [3.63, 3.8) is 0 Å². The fourth-order valence-corrected chi connectivity index (χ4v) is 1.76. The minimum Gasteiger partial charge on any atom is -0.366 e. The Morgan fingerprint density at radius 1 is 0.909 bits per heavy atom. The molecule has 0 fully saturated rings. The lowest BCUT2D eigenvalue weighted by atomic mass is 10.1. The zero-order valence-electron chi connectivity index (χ0n) is 12.4. The van der Waals surface area contributed by atoms with Crippen molar-refractivity contribution in [2.45, 2.75) is 6.92 Å². The van der Waals surface area contributed by atoms with E-state index in [9.17, 15) is 0 Å². The molecule has 6 nitrogen and oxygen atoms in total. The molecule has 0 saturated heterocycles. The van der Waals surface area contributed by atoms with Crippen LogP contribution in [0.2, 0.25) is 0 Å². The van der Waals surface area contributed by atoms with Gasteiger partial charge in [-0.1, -0.05) is 12.1 Å². The molecule has 0 saturated carbocycles. The highest BCUT2D eigenvalue weighted by Crippen LogP contribution is 2.10. The molecule has 1 aromatic carbocycles. The molecular formula is C13H17IN6S2. The standard InChI is InChI=1S/C13H17IN6S2/c1-8(17-19-12(21)15-2)11(18-20-13(22)16-3)9-4-6-10(14)7-5-9/h4-7H,1-3H3,(H2,15,19,21)(H2,16,20,22)/b17-8+,18-11-. The third-order valence-corrected chi connectivity index (χ3v) is 3.79. The topological polar surface area (TPSA) is 73.5 Å². The number of rotatable bonds is 4. The molecular weight excluding hydrogens is 431 g/mol. The highest BCUT2D eigenvalue weighted by Gasteiger charge is 2.08. The highest BCUT2D eigenvalue weighted by atomic mass is 127. The molecule has 0 atom stereocenters. The maximum atomic E-state index is 4.22. The average Bonchev–Trinajstić information content (AvgIpc) is 2.53. The fourth-order valence-electron chi connectivity index (χ4n) is 1.31. The fraction of sp³-hybridized carbons (Fsp3) is 0.231. The van der Waals surface area contributed by atoms with Crippen LogP contribution in [0.3, 0.4) is 0 Å². The van der Waals surface area contributed by atoms with Gasteiger partial charge in [-0.25, -0.2) is 0 Å². The predicted octanol–water partition coefficient (Wildman–Crippen LogP) is 2.38. The number of nitrogens with one attached hydrogen (secondary N) is 2. The van der Waals surface area contributed by atoms with Crippen LogP contribution in [0.5, 0.6) is 0 Å². The smallest absolute Gasteiger partial charge is 0.179 e. The third kappa shape index (κ3) is 6.36. The van der Waals surface area contributed by atoms with E-state index < -0.39 is 0 Å². The summed E-state index contributed by atoms with van der Waals surface area (Å²) in [5.74, 6) is 0. The summed E-state index contributed by atoms with van der Waals surface area (Å²) in [6.07, 6.45) is 0. The molecule has 1 aromatic rings. The van der Waals surface area contributed by atoms with Gasteiger partial charge in [0.2, 0.25) is 0 Å². The van der Waals surface area contributed by atoms with Crippen LogP contribution in [0.4, 0.5) is 0 Å². The maximum absolute atomic E-state index is 4.22. The van der Waals surface area contributed by atoms with E-state index >= 15 is 0 Å². The first kappa shape index (κ1) is 19.0. The van der Waals surface area contributed by atoms with Crippen LogP contribution in [-0.2, 0) is 0 Å². The second-order valence-corrected chi connectivity index (χ2v) is 6.08. The van der Waals surface area contributed by atoms with E-state index in [0.717, 1.165) is 9.13 Å². The minimum atomic E-state index is 0.407. The van der Waals surface area contributed by atoms with Gasteiger partial charge in [-0.2, -0.15) is 5.10 Å². The number of hydrogen-bond acceptors (Lipinski definition) is 4. The lowest BCUT2D eigenvalue weighted by Gasteiger charge is -2.05. The van der Waals surface area contributed by atoms with Crippen LogP contribution >= 0.6 is 47.8 Å². The highest BCUT2D eigenvalue weighted by molar-refractivity contribution is 14.1. The van der Waals surface area contributed by atoms with Crippen LogP contribution < -0.4 is 10.6 Å². The monoisotopic (exact) mass is 448 g/mol. The van der Waals surface area contributed by atoms with Crippen LogP contribution in [-0.4, -0.2) is 35.9 Å². The van der Waals surface area contributed by atoms with Crippen molar-refractivity contribution < 1.29 is 0 Å². The minimum absolute atomic E-state index is 0.407. The van der Waals surface area contributed by atoms with Crippen LogP contribution in [0, 0.1) is 3.57 Å². The Hall–Kier alpha value is -1.07. The Kier molecular flexibility index (Phi) is 8.49. The Morgan fingerprint density at radius 2 is 1.41 bits per heavy atom. The summed E-state index contributed by atoms with van der Waals surface area (Å²) in [5.41, 5.74) is 2.12. The van der Waals surface area contributed by atoms with Crippen LogP contribution in [0.25, 0.3) is 0 Å². The van der Waals surface area contributed by atoms with E-state index in [-0.39, 0.29) is 0 Å². The molecule has 0 radical (unpaired) electrons. The molecule has 2 N–H and O–H groups in total.